The molecule has 8 aromatic carbocycles. The van der Waals surface area contributed by atoms with Gasteiger partial charge in [-0.25, -0.2) is 0 Å². The third kappa shape index (κ3) is 5.16. The molecule has 3 heteroatoms. The van der Waals surface area contributed by atoms with Crippen LogP contribution in [-0.4, -0.2) is 0 Å². The predicted octanol–water partition coefficient (Wildman–Crippen LogP) is 15.6. The van der Waals surface area contributed by atoms with Crippen molar-refractivity contribution in [2.45, 2.75) is 19.3 Å². The van der Waals surface area contributed by atoms with Crippen LogP contribution in [-0.2, 0) is 5.41 Å². The van der Waals surface area contributed by atoms with Gasteiger partial charge in [0.05, 0.1) is 0 Å². The van der Waals surface area contributed by atoms with E-state index in [2.05, 4.69) is 195 Å². The molecule has 2 heterocycles. The van der Waals surface area contributed by atoms with Gasteiger partial charge in [0.25, 0.3) is 0 Å². The number of para-hydroxylation sites is 1. The topological polar surface area (TPSA) is 16.4 Å². The first-order chi connectivity index (χ1) is 27.5. The van der Waals surface area contributed by atoms with Crippen molar-refractivity contribution >= 4 is 60.4 Å². The van der Waals surface area contributed by atoms with Crippen LogP contribution in [0.5, 0.6) is 0 Å². The summed E-state index contributed by atoms with van der Waals surface area (Å²) >= 11 is 1.92. The molecule has 0 saturated carbocycles. The Morgan fingerprint density at radius 1 is 0.446 bits per heavy atom. The normalized spacial score (nSPS) is 13.0. The van der Waals surface area contributed by atoms with Gasteiger partial charge in [-0.15, -0.1) is 11.3 Å². The first kappa shape index (κ1) is 32.7. The van der Waals surface area contributed by atoms with Gasteiger partial charge in [-0.2, -0.15) is 0 Å². The Bertz CT molecular complexity index is 3080. The van der Waals surface area contributed by atoms with Crippen LogP contribution in [0.4, 0.5) is 17.1 Å². The fourth-order valence-corrected chi connectivity index (χ4v) is 10.3. The zero-order chi connectivity index (χ0) is 37.4. The third-order valence-electron chi connectivity index (χ3n) is 11.7. The minimum Gasteiger partial charge on any atom is -0.456 e. The van der Waals surface area contributed by atoms with E-state index in [1.165, 1.54) is 59.5 Å². The number of hydrogen-bond donors (Lipinski definition) is 0. The van der Waals surface area contributed by atoms with Crippen molar-refractivity contribution in [1.82, 2.24) is 0 Å². The van der Waals surface area contributed by atoms with E-state index in [4.69, 9.17) is 4.42 Å². The third-order valence-corrected chi connectivity index (χ3v) is 12.9. The Hall–Kier alpha value is -6.68. The number of furan rings is 1. The fourth-order valence-electron chi connectivity index (χ4n) is 8.92. The maximum absolute atomic E-state index is 6.23. The second-order valence-corrected chi connectivity index (χ2v) is 16.4. The molecule has 0 atom stereocenters. The van der Waals surface area contributed by atoms with Crippen LogP contribution in [0.1, 0.15) is 25.0 Å². The summed E-state index contributed by atoms with van der Waals surface area (Å²) in [7, 11) is 0. The summed E-state index contributed by atoms with van der Waals surface area (Å²) in [4.78, 5) is 3.77. The predicted molar refractivity (Wildman–Crippen MR) is 238 cm³/mol. The second kappa shape index (κ2) is 12.7. The zero-order valence-electron chi connectivity index (χ0n) is 31.2. The van der Waals surface area contributed by atoms with E-state index < -0.39 is 0 Å². The zero-order valence-corrected chi connectivity index (χ0v) is 32.0. The summed E-state index contributed by atoms with van der Waals surface area (Å²) in [5.41, 5.74) is 16.5. The van der Waals surface area contributed by atoms with Gasteiger partial charge in [-0.05, 0) is 116 Å². The summed E-state index contributed by atoms with van der Waals surface area (Å²) in [6.07, 6.45) is 0. The lowest BCUT2D eigenvalue weighted by atomic mass is 9.80. The number of thiophene rings is 1. The van der Waals surface area contributed by atoms with Crippen molar-refractivity contribution in [2.24, 2.45) is 0 Å². The van der Waals surface area contributed by atoms with E-state index in [1.54, 1.807) is 0 Å². The largest absolute Gasteiger partial charge is 0.456 e. The number of benzene rings is 8. The SMILES string of the molecule is CC1(C)c2cc(-c3ccc(N(c4ccc(-c5ccccc5)cc4)c4ccc(-c5cccc6oc7ccccc7c56)cc4)cc3)ccc2-c2sc3ccccc3c21. The molecule has 56 heavy (non-hydrogen) atoms. The number of rotatable bonds is 6. The van der Waals surface area contributed by atoms with Crippen molar-refractivity contribution in [3.05, 3.63) is 199 Å². The van der Waals surface area contributed by atoms with E-state index >= 15 is 0 Å². The number of fused-ring (bicyclic) bond motifs is 8. The van der Waals surface area contributed by atoms with Crippen molar-refractivity contribution in [3.63, 3.8) is 0 Å². The smallest absolute Gasteiger partial charge is 0.136 e. The van der Waals surface area contributed by atoms with Crippen LogP contribution < -0.4 is 4.90 Å². The molecule has 2 nitrogen and oxygen atoms in total. The van der Waals surface area contributed by atoms with Crippen molar-refractivity contribution in [1.29, 1.82) is 0 Å². The molecule has 0 saturated heterocycles. The Morgan fingerprint density at radius 2 is 1.00 bits per heavy atom. The molecule has 0 amide bonds. The molecule has 10 aromatic rings. The van der Waals surface area contributed by atoms with E-state index in [1.807, 2.05) is 23.5 Å². The Labute approximate surface area is 330 Å². The van der Waals surface area contributed by atoms with Crippen LogP contribution in [0.25, 0.3) is 75.8 Å². The van der Waals surface area contributed by atoms with Crippen LogP contribution in [0.2, 0.25) is 0 Å². The van der Waals surface area contributed by atoms with Crippen molar-refractivity contribution in [2.75, 3.05) is 4.90 Å². The molecule has 0 aliphatic heterocycles. The van der Waals surface area contributed by atoms with Crippen molar-refractivity contribution in [3.8, 4) is 43.8 Å². The highest BCUT2D eigenvalue weighted by Crippen LogP contribution is 2.56. The van der Waals surface area contributed by atoms with Crippen molar-refractivity contribution < 1.29 is 4.42 Å². The van der Waals surface area contributed by atoms with Gasteiger partial charge in [0.2, 0.25) is 0 Å². The monoisotopic (exact) mass is 735 g/mol. The summed E-state index contributed by atoms with van der Waals surface area (Å²) in [5.74, 6) is 0. The highest BCUT2D eigenvalue weighted by Gasteiger charge is 2.38. The molecule has 1 aliphatic carbocycles. The van der Waals surface area contributed by atoms with Gasteiger partial charge >= 0.3 is 0 Å². The van der Waals surface area contributed by atoms with Gasteiger partial charge in [0.15, 0.2) is 0 Å². The van der Waals surface area contributed by atoms with Crippen LogP contribution in [0.15, 0.2) is 192 Å². The molecular weight excluding hydrogens is 699 g/mol. The summed E-state index contributed by atoms with van der Waals surface area (Å²) in [6, 6.07) is 68.0. The number of hydrogen-bond acceptors (Lipinski definition) is 3. The molecule has 2 aromatic heterocycles. The quantitative estimate of drug-likeness (QED) is 0.169. The number of nitrogens with zero attached hydrogens (tertiary/aromatic N) is 1. The molecule has 0 radical (unpaired) electrons. The van der Waals surface area contributed by atoms with Gasteiger partial charge < -0.3 is 9.32 Å². The molecule has 0 spiro atoms. The molecule has 266 valence electrons. The Kier molecular flexibility index (Phi) is 7.42. The Morgan fingerprint density at radius 3 is 1.71 bits per heavy atom. The molecule has 0 unspecified atom stereocenters. The highest BCUT2D eigenvalue weighted by atomic mass is 32.1. The fraction of sp³-hybridized carbons (Fsp3) is 0.0566. The maximum Gasteiger partial charge on any atom is 0.136 e. The van der Waals surface area contributed by atoms with Gasteiger partial charge in [-0.3, -0.25) is 0 Å². The molecule has 0 fully saturated rings. The maximum atomic E-state index is 6.23. The molecule has 1 aliphatic rings. The lowest BCUT2D eigenvalue weighted by Crippen LogP contribution is -2.15. The first-order valence-electron chi connectivity index (χ1n) is 19.2. The Balaban J connectivity index is 0.971. The van der Waals surface area contributed by atoms with E-state index in [0.29, 0.717) is 0 Å². The van der Waals surface area contributed by atoms with Gasteiger partial charge in [0.1, 0.15) is 11.2 Å². The van der Waals surface area contributed by atoms with Crippen LogP contribution >= 0.6 is 11.3 Å². The van der Waals surface area contributed by atoms with Crippen LogP contribution in [0.3, 0.4) is 0 Å². The number of anilines is 3. The molecular formula is C53H37NOS. The summed E-state index contributed by atoms with van der Waals surface area (Å²) < 4.78 is 7.60. The van der Waals surface area contributed by atoms with Gasteiger partial charge in [-0.1, -0.05) is 141 Å². The molecule has 0 N–H and O–H groups in total. The molecule has 11 rings (SSSR count). The van der Waals surface area contributed by atoms with Crippen LogP contribution in [0, 0.1) is 0 Å². The summed E-state index contributed by atoms with van der Waals surface area (Å²) in [5, 5.41) is 3.68. The average molecular weight is 736 g/mol. The highest BCUT2D eigenvalue weighted by molar-refractivity contribution is 7.22. The lowest BCUT2D eigenvalue weighted by Gasteiger charge is -2.26. The minimum absolute atomic E-state index is 0.0642. The van der Waals surface area contributed by atoms with Gasteiger partial charge in [0, 0.05) is 42.8 Å². The van der Waals surface area contributed by atoms with E-state index in [9.17, 15) is 0 Å². The standard InChI is InChI=1S/C53H37NOS/c1-53(2)46-33-38(25-32-43(46)52-51(53)45-14-7-9-18-49(45)56-52)36-21-28-40(29-22-36)54(39-26-19-35(20-27-39)34-11-4-3-5-12-34)41-30-23-37(24-31-41)42-15-10-17-48-50(42)44-13-6-8-16-47(44)55-48/h3-33H,1-2H3. The molecule has 0 bridgehead atoms. The van der Waals surface area contributed by atoms with E-state index in [-0.39, 0.29) is 5.41 Å². The van der Waals surface area contributed by atoms with E-state index in [0.717, 1.165) is 44.6 Å². The lowest BCUT2D eigenvalue weighted by molar-refractivity contribution is 0.667. The second-order valence-electron chi connectivity index (χ2n) is 15.3. The minimum atomic E-state index is -0.0642. The average Bonchev–Trinajstić information content (AvgIpc) is 3.90. The first-order valence-corrected chi connectivity index (χ1v) is 20.1. The summed E-state index contributed by atoms with van der Waals surface area (Å²) in [6.45, 7) is 4.77.